The Hall–Kier alpha value is -3.45. The highest BCUT2D eigenvalue weighted by Gasteiger charge is 2.53. The number of amides is 1. The number of hydrogen-bond acceptors (Lipinski definition) is 15. The molecular weight excluding hydrogens is 915 g/mol. The van der Waals surface area contributed by atoms with E-state index in [2.05, 4.69) is 0 Å². The van der Waals surface area contributed by atoms with Crippen LogP contribution in [-0.2, 0) is 57.1 Å². The first-order valence-corrected chi connectivity index (χ1v) is 26.1. The van der Waals surface area contributed by atoms with Crippen molar-refractivity contribution in [1.82, 2.24) is 4.90 Å². The van der Waals surface area contributed by atoms with Crippen molar-refractivity contribution in [2.24, 2.45) is 35.5 Å². The molecule has 3 aliphatic heterocycles. The Morgan fingerprint density at radius 2 is 1.58 bits per heavy atom. The third-order valence-corrected chi connectivity index (χ3v) is 15.2. The minimum Gasteiger partial charge on any atom is -0.460 e. The summed E-state index contributed by atoms with van der Waals surface area (Å²) in [6.45, 7) is 13.6. The number of esters is 1. The molecule has 0 spiro atoms. The average molecular weight is 1000 g/mol. The Kier molecular flexibility index (Phi) is 24.9. The van der Waals surface area contributed by atoms with Gasteiger partial charge in [0.05, 0.1) is 50.8 Å². The number of fused-ring (bicyclic) bond motifs is 3. The van der Waals surface area contributed by atoms with Crippen LogP contribution in [0.25, 0.3) is 0 Å². The fourth-order valence-electron chi connectivity index (χ4n) is 10.7. The molecule has 402 valence electrons. The van der Waals surface area contributed by atoms with Gasteiger partial charge in [0, 0.05) is 58.5 Å². The lowest BCUT2D eigenvalue weighted by Gasteiger charge is -2.42. The molecule has 71 heavy (non-hydrogen) atoms. The highest BCUT2D eigenvalue weighted by molar-refractivity contribution is 6.39. The van der Waals surface area contributed by atoms with Gasteiger partial charge in [-0.15, -0.1) is 0 Å². The quantitative estimate of drug-likeness (QED) is 0.0858. The van der Waals surface area contributed by atoms with Gasteiger partial charge in [-0.3, -0.25) is 19.2 Å². The van der Waals surface area contributed by atoms with E-state index in [4.69, 9.17) is 38.3 Å². The van der Waals surface area contributed by atoms with Crippen LogP contribution in [-0.4, -0.2) is 158 Å². The monoisotopic (exact) mass is 1000 g/mol. The number of Topliss-reactive ketones (excluding diaryl/α,β-unsaturated/α-hetero) is 3. The SMILES string of the molecule is CO[C@H]1C[C@@H]2CC[C@@H](C)[C@@](O)(O2)C(=O)C(=O)N2CCCC[C@H]2C(=O)O[C@H]([C@H](C)C[C@H]2CC[C@@H](OCCOCCO)[C@H](OC)C2)CC(=O)[C@H](C)/C=C(\C)[C@@H](O)[C@@H](OC)C(=O)[C@H](C)C[C@H](C)/C=C/C=C/C=C/1C. The summed E-state index contributed by atoms with van der Waals surface area (Å²) in [4.78, 5) is 72.4. The molecule has 4 rings (SSSR count). The van der Waals surface area contributed by atoms with Crippen LogP contribution in [0.4, 0.5) is 0 Å². The predicted molar refractivity (Wildman–Crippen MR) is 267 cm³/mol. The fourth-order valence-corrected chi connectivity index (χ4v) is 10.7. The second kappa shape index (κ2) is 29.4. The molecule has 16 heteroatoms. The minimum absolute atomic E-state index is 0.0129. The van der Waals surface area contributed by atoms with Crippen LogP contribution in [0.3, 0.4) is 0 Å². The molecule has 15 atom stereocenters. The molecule has 0 radical (unpaired) electrons. The van der Waals surface area contributed by atoms with Gasteiger partial charge in [-0.05, 0) is 107 Å². The van der Waals surface area contributed by atoms with Gasteiger partial charge < -0.3 is 53.4 Å². The van der Waals surface area contributed by atoms with Crippen molar-refractivity contribution in [3.05, 3.63) is 47.6 Å². The summed E-state index contributed by atoms with van der Waals surface area (Å²) in [5.41, 5.74) is 1.26. The number of ether oxygens (including phenoxy) is 7. The third kappa shape index (κ3) is 17.0. The van der Waals surface area contributed by atoms with Gasteiger partial charge >= 0.3 is 5.97 Å². The van der Waals surface area contributed by atoms with Crippen molar-refractivity contribution in [3.63, 3.8) is 0 Å². The van der Waals surface area contributed by atoms with Gasteiger partial charge in [0.25, 0.3) is 11.7 Å². The smallest absolute Gasteiger partial charge is 0.329 e. The maximum atomic E-state index is 14.5. The maximum Gasteiger partial charge on any atom is 0.329 e. The first kappa shape index (κ1) is 60.1. The van der Waals surface area contributed by atoms with Gasteiger partial charge in [0.15, 0.2) is 5.78 Å². The largest absolute Gasteiger partial charge is 0.460 e. The Morgan fingerprint density at radius 1 is 0.831 bits per heavy atom. The van der Waals surface area contributed by atoms with E-state index in [1.54, 1.807) is 41.1 Å². The molecule has 0 unspecified atom stereocenters. The number of rotatable bonds is 12. The van der Waals surface area contributed by atoms with Crippen molar-refractivity contribution in [3.8, 4) is 0 Å². The number of allylic oxidation sites excluding steroid dienone is 6. The van der Waals surface area contributed by atoms with Crippen molar-refractivity contribution in [2.75, 3.05) is 54.3 Å². The summed E-state index contributed by atoms with van der Waals surface area (Å²) in [7, 11) is 4.60. The summed E-state index contributed by atoms with van der Waals surface area (Å²) < 4.78 is 41.3. The molecule has 3 N–H and O–H groups in total. The first-order chi connectivity index (χ1) is 33.8. The normalized spacial score (nSPS) is 38.0. The number of aliphatic hydroxyl groups is 3. The summed E-state index contributed by atoms with van der Waals surface area (Å²) >= 11 is 0. The van der Waals surface area contributed by atoms with Crippen molar-refractivity contribution >= 4 is 29.2 Å². The lowest BCUT2D eigenvalue weighted by molar-refractivity contribution is -0.265. The van der Waals surface area contributed by atoms with Crippen LogP contribution in [0.5, 0.6) is 0 Å². The number of piperidine rings is 1. The van der Waals surface area contributed by atoms with Crippen molar-refractivity contribution in [2.45, 2.75) is 180 Å². The van der Waals surface area contributed by atoms with E-state index in [0.29, 0.717) is 76.6 Å². The van der Waals surface area contributed by atoms with E-state index in [-0.39, 0.29) is 74.1 Å². The highest BCUT2D eigenvalue weighted by atomic mass is 16.6. The Balaban J connectivity index is 1.67. The summed E-state index contributed by atoms with van der Waals surface area (Å²) in [5.74, 6) is -7.99. The molecule has 0 aromatic carbocycles. The van der Waals surface area contributed by atoms with Gasteiger partial charge in [-0.2, -0.15) is 0 Å². The second-order valence-electron chi connectivity index (χ2n) is 20.8. The molecule has 1 amide bonds. The zero-order valence-corrected chi connectivity index (χ0v) is 44.3. The fraction of sp³-hybridized carbons (Fsp3) is 0.764. The maximum absolute atomic E-state index is 14.5. The van der Waals surface area contributed by atoms with E-state index in [0.717, 1.165) is 12.0 Å². The molecule has 0 aromatic heterocycles. The van der Waals surface area contributed by atoms with Crippen molar-refractivity contribution in [1.29, 1.82) is 0 Å². The van der Waals surface area contributed by atoms with Crippen LogP contribution in [0.15, 0.2) is 47.6 Å². The van der Waals surface area contributed by atoms with E-state index in [9.17, 15) is 34.2 Å². The summed E-state index contributed by atoms with van der Waals surface area (Å²) in [6, 6.07) is -1.15. The van der Waals surface area contributed by atoms with E-state index in [1.807, 2.05) is 58.1 Å². The van der Waals surface area contributed by atoms with Gasteiger partial charge in [0.2, 0.25) is 5.79 Å². The Bertz CT molecular complexity index is 1860. The predicted octanol–water partition coefficient (Wildman–Crippen LogP) is 6.21. The number of carbonyl (C=O) groups excluding carboxylic acids is 5. The van der Waals surface area contributed by atoms with Crippen LogP contribution >= 0.6 is 0 Å². The molecule has 4 aliphatic rings. The second-order valence-corrected chi connectivity index (χ2v) is 20.8. The lowest BCUT2D eigenvalue weighted by Crippen LogP contribution is -2.61. The Morgan fingerprint density at radius 3 is 2.27 bits per heavy atom. The van der Waals surface area contributed by atoms with Crippen LogP contribution < -0.4 is 0 Å². The van der Waals surface area contributed by atoms with Gasteiger partial charge in [0.1, 0.15) is 30.1 Å². The zero-order chi connectivity index (χ0) is 52.4. The third-order valence-electron chi connectivity index (χ3n) is 15.2. The number of aliphatic hydroxyl groups excluding tert-OH is 2. The molecule has 16 nitrogen and oxygen atoms in total. The number of cyclic esters (lactones) is 1. The van der Waals surface area contributed by atoms with Gasteiger partial charge in [-0.1, -0.05) is 71.1 Å². The Labute approximate surface area is 422 Å². The number of ketones is 3. The first-order valence-electron chi connectivity index (χ1n) is 26.1. The molecule has 2 bridgehead atoms. The van der Waals surface area contributed by atoms with Crippen LogP contribution in [0.1, 0.15) is 126 Å². The average Bonchev–Trinajstić information content (AvgIpc) is 3.35. The molecule has 2 saturated heterocycles. The standard InChI is InChI=1S/C55H87NO15/c1-34-16-12-11-13-17-35(2)46(65-8)32-42-21-19-40(7)55(64,71-42)52(61)53(62)56-23-15-14-18-43(56)54(63)70-47(33-44(58)36(3)29-39(6)50(60)51(67-10)49(59)38(5)28-34)37(4)30-41-20-22-45(48(31-41)66-9)69-27-26-68-25-24-57/h11-13,16-17,29,34,36-38,40-43,45-48,50-51,57,60,64H,14-15,18-28,30-33H2,1-10H3/b13-11+,16-12+,35-17+,39-29+/t34-,36-,37-,38-,40-,41-,42+,43+,45-,46+,47+,48-,50-,51+,55-/m1/s1. The molecular formula is C55H87NO15. The zero-order valence-electron chi connectivity index (χ0n) is 44.3. The minimum atomic E-state index is -2.44. The van der Waals surface area contributed by atoms with E-state index < -0.39 is 77.8 Å². The number of carbonyl (C=O) groups is 5. The number of methoxy groups -OCH3 is 3. The van der Waals surface area contributed by atoms with E-state index >= 15 is 0 Å². The molecule has 1 saturated carbocycles. The van der Waals surface area contributed by atoms with Crippen molar-refractivity contribution < 1.29 is 72.5 Å². The van der Waals surface area contributed by atoms with Gasteiger partial charge in [-0.25, -0.2) is 4.79 Å². The molecule has 1 aliphatic carbocycles. The number of nitrogens with zero attached hydrogens (tertiary/aromatic N) is 1. The molecule has 3 fully saturated rings. The van der Waals surface area contributed by atoms with E-state index in [1.165, 1.54) is 12.0 Å². The molecule has 3 heterocycles. The number of hydrogen-bond donors (Lipinski definition) is 3. The summed E-state index contributed by atoms with van der Waals surface area (Å²) in [5, 5.41) is 32.5. The lowest BCUT2D eigenvalue weighted by atomic mass is 9.78. The summed E-state index contributed by atoms with van der Waals surface area (Å²) in [6.07, 6.45) is 12.0. The van der Waals surface area contributed by atoms with Crippen LogP contribution in [0.2, 0.25) is 0 Å². The van der Waals surface area contributed by atoms with Crippen LogP contribution in [0, 0.1) is 35.5 Å². The highest BCUT2D eigenvalue weighted by Crippen LogP contribution is 2.38. The molecule has 0 aromatic rings. The topological polar surface area (TPSA) is 214 Å².